The molecule has 0 radical (unpaired) electrons. The van der Waals surface area contributed by atoms with Crippen molar-refractivity contribution in [3.8, 4) is 0 Å². The summed E-state index contributed by atoms with van der Waals surface area (Å²) in [5.74, 6) is -0.745. The second-order valence-electron chi connectivity index (χ2n) is 5.32. The molecule has 1 aliphatic heterocycles. The minimum Gasteiger partial charge on any atom is -0.394 e. The van der Waals surface area contributed by atoms with Crippen LogP contribution in [0.1, 0.15) is 19.8 Å². The van der Waals surface area contributed by atoms with Gasteiger partial charge < -0.3 is 20.6 Å². The number of rotatable bonds is 7. The molecule has 1 rings (SSSR count). The van der Waals surface area contributed by atoms with Crippen molar-refractivity contribution >= 4 is 15.9 Å². The van der Waals surface area contributed by atoms with Gasteiger partial charge in [-0.25, -0.2) is 12.7 Å². The molecular weight excluding hydrogens is 300 g/mol. The monoisotopic (exact) mass is 324 g/mol. The fraction of sp³-hybridized carbons (Fsp3) is 0.917. The average molecular weight is 324 g/mol. The second kappa shape index (κ2) is 7.50. The van der Waals surface area contributed by atoms with Crippen molar-refractivity contribution in [3.05, 3.63) is 0 Å². The predicted molar refractivity (Wildman–Crippen MR) is 75.9 cm³/mol. The molecule has 0 saturated carbocycles. The van der Waals surface area contributed by atoms with Gasteiger partial charge >= 0.3 is 0 Å². The van der Waals surface area contributed by atoms with Gasteiger partial charge in [0.05, 0.1) is 25.6 Å². The number of nitrogens with one attached hydrogen (secondary N) is 1. The van der Waals surface area contributed by atoms with E-state index in [1.54, 1.807) is 6.92 Å². The first-order valence-electron chi connectivity index (χ1n) is 6.96. The van der Waals surface area contributed by atoms with Crippen LogP contribution in [0.25, 0.3) is 0 Å². The fourth-order valence-corrected chi connectivity index (χ4v) is 3.34. The molecule has 0 unspecified atom stereocenters. The topological polar surface area (TPSA) is 127 Å². The molecule has 1 heterocycles. The highest BCUT2D eigenvalue weighted by atomic mass is 32.2. The van der Waals surface area contributed by atoms with Crippen LogP contribution < -0.4 is 5.32 Å². The Morgan fingerprint density at radius 2 is 1.67 bits per heavy atom. The van der Waals surface area contributed by atoms with Gasteiger partial charge in [0, 0.05) is 19.0 Å². The maximum absolute atomic E-state index is 12.1. The Balaban J connectivity index is 2.60. The molecule has 1 fully saturated rings. The van der Waals surface area contributed by atoms with Gasteiger partial charge in [-0.05, 0) is 19.8 Å². The minimum atomic E-state index is -3.24. The summed E-state index contributed by atoms with van der Waals surface area (Å²) in [7, 11) is -3.24. The summed E-state index contributed by atoms with van der Waals surface area (Å²) in [6.07, 6.45) is 0.757. The largest absolute Gasteiger partial charge is 0.394 e. The molecule has 9 heteroatoms. The van der Waals surface area contributed by atoms with Crippen LogP contribution >= 0.6 is 0 Å². The van der Waals surface area contributed by atoms with Crippen LogP contribution in [0.2, 0.25) is 0 Å². The molecule has 0 atom stereocenters. The number of carbonyl (C=O) groups excluding carboxylic acids is 1. The molecular formula is C12H24N2O6S. The number of hydrogen-bond acceptors (Lipinski definition) is 6. The van der Waals surface area contributed by atoms with Gasteiger partial charge in [-0.15, -0.1) is 0 Å². The summed E-state index contributed by atoms with van der Waals surface area (Å²) in [5, 5.41) is 30.0. The van der Waals surface area contributed by atoms with Crippen LogP contribution in [0.4, 0.5) is 0 Å². The third-order valence-corrected chi connectivity index (χ3v) is 5.76. The number of amides is 1. The molecule has 0 aromatic rings. The molecule has 0 aliphatic carbocycles. The molecule has 8 nitrogen and oxygen atoms in total. The average Bonchev–Trinajstić information content (AvgIpc) is 2.52. The molecule has 0 aromatic carbocycles. The first-order valence-corrected chi connectivity index (χ1v) is 8.57. The zero-order valence-corrected chi connectivity index (χ0v) is 13.0. The molecule has 21 heavy (non-hydrogen) atoms. The maximum Gasteiger partial charge on any atom is 0.223 e. The summed E-state index contributed by atoms with van der Waals surface area (Å²) >= 11 is 0. The highest BCUT2D eigenvalue weighted by Crippen LogP contribution is 2.21. The lowest BCUT2D eigenvalue weighted by molar-refractivity contribution is -0.130. The van der Waals surface area contributed by atoms with E-state index in [1.807, 2.05) is 0 Å². The van der Waals surface area contributed by atoms with Crippen molar-refractivity contribution in [2.24, 2.45) is 5.92 Å². The van der Waals surface area contributed by atoms with E-state index in [4.69, 9.17) is 0 Å². The van der Waals surface area contributed by atoms with E-state index in [-0.39, 0.29) is 24.7 Å². The Labute approximate surface area is 124 Å². The van der Waals surface area contributed by atoms with Crippen LogP contribution in [-0.2, 0) is 14.8 Å². The minimum absolute atomic E-state index is 0.0342. The van der Waals surface area contributed by atoms with Crippen molar-refractivity contribution in [2.45, 2.75) is 25.3 Å². The summed E-state index contributed by atoms with van der Waals surface area (Å²) in [4.78, 5) is 12.1. The molecule has 4 N–H and O–H groups in total. The molecule has 0 bridgehead atoms. The first kappa shape index (κ1) is 18.3. The van der Waals surface area contributed by atoms with E-state index in [1.165, 1.54) is 4.31 Å². The van der Waals surface area contributed by atoms with Crippen LogP contribution in [0.5, 0.6) is 0 Å². The number of hydrogen-bond donors (Lipinski definition) is 4. The van der Waals surface area contributed by atoms with E-state index in [2.05, 4.69) is 5.32 Å². The maximum atomic E-state index is 12.1. The van der Waals surface area contributed by atoms with Crippen LogP contribution in [0.15, 0.2) is 0 Å². The smallest absolute Gasteiger partial charge is 0.223 e. The second-order valence-corrected chi connectivity index (χ2v) is 7.58. The van der Waals surface area contributed by atoms with Gasteiger partial charge in [0.15, 0.2) is 0 Å². The van der Waals surface area contributed by atoms with Gasteiger partial charge in [-0.3, -0.25) is 4.79 Å². The quantitative estimate of drug-likeness (QED) is 0.424. The number of carbonyl (C=O) groups is 1. The standard InChI is InChI=1S/C12H24N2O6S/c1-2-21(19,20)14-5-3-10(4-6-14)11(18)13-12(7-15,8-16)9-17/h10,15-17H,2-9H2,1H3,(H,13,18). The van der Waals surface area contributed by atoms with Crippen LogP contribution in [0, 0.1) is 5.92 Å². The Morgan fingerprint density at radius 1 is 1.19 bits per heavy atom. The SMILES string of the molecule is CCS(=O)(=O)N1CCC(C(=O)NC(CO)(CO)CO)CC1. The molecule has 0 spiro atoms. The third kappa shape index (κ3) is 4.36. The normalized spacial score (nSPS) is 18.7. The van der Waals surface area contributed by atoms with E-state index in [9.17, 15) is 28.5 Å². The van der Waals surface area contributed by atoms with Crippen molar-refractivity contribution in [3.63, 3.8) is 0 Å². The fourth-order valence-electron chi connectivity index (χ4n) is 2.21. The van der Waals surface area contributed by atoms with Gasteiger partial charge in [0.25, 0.3) is 0 Å². The number of sulfonamides is 1. The Hall–Kier alpha value is -0.740. The molecule has 1 saturated heterocycles. The lowest BCUT2D eigenvalue weighted by atomic mass is 9.94. The molecule has 124 valence electrons. The van der Waals surface area contributed by atoms with Crippen molar-refractivity contribution < 1.29 is 28.5 Å². The number of aliphatic hydroxyl groups excluding tert-OH is 3. The van der Waals surface area contributed by atoms with E-state index < -0.39 is 41.3 Å². The van der Waals surface area contributed by atoms with Crippen molar-refractivity contribution in [2.75, 3.05) is 38.7 Å². The summed E-state index contributed by atoms with van der Waals surface area (Å²) in [6.45, 7) is 0.405. The molecule has 1 aliphatic rings. The van der Waals surface area contributed by atoms with Gasteiger partial charge in [-0.1, -0.05) is 0 Å². The number of aliphatic hydroxyl groups is 3. The van der Waals surface area contributed by atoms with Crippen molar-refractivity contribution in [1.82, 2.24) is 9.62 Å². The van der Waals surface area contributed by atoms with Crippen LogP contribution in [-0.4, -0.2) is 78.2 Å². The molecule has 0 aromatic heterocycles. The van der Waals surface area contributed by atoms with Gasteiger partial charge in [-0.2, -0.15) is 0 Å². The highest BCUT2D eigenvalue weighted by Gasteiger charge is 2.35. The zero-order valence-electron chi connectivity index (χ0n) is 12.2. The van der Waals surface area contributed by atoms with Crippen molar-refractivity contribution in [1.29, 1.82) is 0 Å². The molecule has 1 amide bonds. The predicted octanol–water partition coefficient (Wildman–Crippen LogP) is -2.12. The summed E-state index contributed by atoms with van der Waals surface area (Å²) < 4.78 is 24.8. The number of nitrogens with zero attached hydrogens (tertiary/aromatic N) is 1. The lowest BCUT2D eigenvalue weighted by Gasteiger charge is -2.34. The summed E-state index contributed by atoms with van der Waals surface area (Å²) in [5.41, 5.74) is -1.44. The lowest BCUT2D eigenvalue weighted by Crippen LogP contribution is -2.59. The van der Waals surface area contributed by atoms with E-state index >= 15 is 0 Å². The van der Waals surface area contributed by atoms with Gasteiger partial charge in [0.1, 0.15) is 5.54 Å². The highest BCUT2D eigenvalue weighted by molar-refractivity contribution is 7.89. The van der Waals surface area contributed by atoms with Gasteiger partial charge in [0.2, 0.25) is 15.9 Å². The number of piperidine rings is 1. The Bertz CT molecular complexity index is 432. The summed E-state index contributed by atoms with van der Waals surface area (Å²) in [6, 6.07) is 0. The first-order chi connectivity index (χ1) is 9.84. The van der Waals surface area contributed by atoms with E-state index in [0.717, 1.165) is 0 Å². The van der Waals surface area contributed by atoms with E-state index in [0.29, 0.717) is 12.8 Å². The Kier molecular flexibility index (Phi) is 6.54. The zero-order chi connectivity index (χ0) is 16.1. The third-order valence-electron chi connectivity index (χ3n) is 3.88. The van der Waals surface area contributed by atoms with Crippen LogP contribution in [0.3, 0.4) is 0 Å². The Morgan fingerprint density at radius 3 is 2.05 bits per heavy atom.